The second-order valence-corrected chi connectivity index (χ2v) is 2.23. The summed E-state index contributed by atoms with van der Waals surface area (Å²) in [5, 5.41) is 0. The predicted molar refractivity (Wildman–Crippen MR) is 31.8 cm³/mol. The van der Waals surface area contributed by atoms with Gasteiger partial charge in [-0.25, -0.2) is 0 Å². The molecular weight excluding hydrogens is 86.1 g/mol. The van der Waals surface area contributed by atoms with Crippen molar-refractivity contribution in [1.82, 2.24) is 0 Å². The predicted octanol–water partition coefficient (Wildman–Crippen LogP) is 1.49. The first-order valence-electron chi connectivity index (χ1n) is 2.88. The second kappa shape index (κ2) is 2.10. The molecule has 0 aromatic rings. The van der Waals surface area contributed by atoms with Crippen LogP contribution in [-0.4, -0.2) is 12.8 Å². The Hall–Kier alpha value is -0.330. The van der Waals surface area contributed by atoms with E-state index in [4.69, 9.17) is 0 Å². The van der Waals surface area contributed by atoms with Gasteiger partial charge in [0.1, 0.15) is 0 Å². The number of rotatable bonds is 0. The number of hydrogen-bond acceptors (Lipinski definition) is 1. The molecule has 0 bridgehead atoms. The van der Waals surface area contributed by atoms with E-state index < -0.39 is 0 Å². The van der Waals surface area contributed by atoms with E-state index in [0.717, 1.165) is 12.5 Å². The molecule has 0 radical (unpaired) electrons. The number of aliphatic imine (C=N–C) groups is 1. The average Bonchev–Trinajstić information content (AvgIpc) is 1.69. The Morgan fingerprint density at radius 1 is 1.71 bits per heavy atom. The van der Waals surface area contributed by atoms with E-state index in [1.54, 1.807) is 0 Å². The summed E-state index contributed by atoms with van der Waals surface area (Å²) in [7, 11) is 0. The van der Waals surface area contributed by atoms with Crippen molar-refractivity contribution in [1.29, 1.82) is 0 Å². The first-order valence-corrected chi connectivity index (χ1v) is 2.88. The molecule has 1 aliphatic rings. The van der Waals surface area contributed by atoms with Gasteiger partial charge in [-0.2, -0.15) is 0 Å². The van der Waals surface area contributed by atoms with Crippen LogP contribution in [0.4, 0.5) is 0 Å². The Balaban J connectivity index is 2.32. The molecule has 1 heteroatoms. The zero-order valence-electron chi connectivity index (χ0n) is 4.72. The molecule has 1 heterocycles. The summed E-state index contributed by atoms with van der Waals surface area (Å²) in [5.41, 5.74) is 0. The van der Waals surface area contributed by atoms with E-state index in [-0.39, 0.29) is 0 Å². The molecule has 1 aliphatic heterocycles. The lowest BCUT2D eigenvalue weighted by Crippen LogP contribution is -2.04. The van der Waals surface area contributed by atoms with E-state index in [9.17, 15) is 0 Å². The maximum Gasteiger partial charge on any atom is 0.0411 e. The van der Waals surface area contributed by atoms with Crippen LogP contribution in [0.25, 0.3) is 0 Å². The molecule has 7 heavy (non-hydrogen) atoms. The minimum absolute atomic E-state index is 0.838. The Bertz CT molecular complexity index is 76.2. The van der Waals surface area contributed by atoms with Crippen molar-refractivity contribution in [3.05, 3.63) is 0 Å². The fraction of sp³-hybridized carbons (Fsp3) is 0.833. The molecule has 0 unspecified atom stereocenters. The molecule has 0 spiro atoms. The van der Waals surface area contributed by atoms with Gasteiger partial charge in [0.25, 0.3) is 0 Å². The lowest BCUT2D eigenvalue weighted by Gasteiger charge is -2.09. The molecule has 0 amide bonds. The first kappa shape index (κ1) is 4.82. The smallest absolute Gasteiger partial charge is 0.0411 e. The number of nitrogens with zero attached hydrogens (tertiary/aromatic N) is 1. The molecule has 0 saturated heterocycles. The summed E-state index contributed by atoms with van der Waals surface area (Å²) < 4.78 is 0. The van der Waals surface area contributed by atoms with Crippen molar-refractivity contribution in [2.75, 3.05) is 6.54 Å². The molecule has 1 nitrogen and oxygen atoms in total. The van der Waals surface area contributed by atoms with Crippen molar-refractivity contribution >= 4 is 6.21 Å². The molecule has 40 valence electrons. The van der Waals surface area contributed by atoms with Gasteiger partial charge < -0.3 is 0 Å². The largest absolute Gasteiger partial charge is 0.297 e. The van der Waals surface area contributed by atoms with E-state index in [0.29, 0.717) is 0 Å². The van der Waals surface area contributed by atoms with Crippen molar-refractivity contribution in [3.8, 4) is 0 Å². The summed E-state index contributed by atoms with van der Waals surface area (Å²) in [6, 6.07) is 0. The molecule has 0 N–H and O–H groups in total. The van der Waals surface area contributed by atoms with Gasteiger partial charge >= 0.3 is 0 Å². The topological polar surface area (TPSA) is 12.4 Å². The van der Waals surface area contributed by atoms with Crippen LogP contribution in [-0.2, 0) is 0 Å². The summed E-state index contributed by atoms with van der Waals surface area (Å²) >= 11 is 0. The quantitative estimate of drug-likeness (QED) is 0.434. The van der Waals surface area contributed by atoms with Crippen molar-refractivity contribution < 1.29 is 0 Å². The van der Waals surface area contributed by atoms with Gasteiger partial charge in [-0.05, 0) is 25.0 Å². The van der Waals surface area contributed by atoms with Gasteiger partial charge in [0.05, 0.1) is 0 Å². The molecule has 0 fully saturated rings. The van der Waals surface area contributed by atoms with Crippen LogP contribution < -0.4 is 0 Å². The molecule has 0 aliphatic carbocycles. The highest BCUT2D eigenvalue weighted by atomic mass is 14.7. The SMILES string of the molecule is C[C@H]1CCC=NC1. The first-order chi connectivity index (χ1) is 3.39. The number of hydrogen-bond donors (Lipinski definition) is 0. The fourth-order valence-corrected chi connectivity index (χ4v) is 0.796. The molecule has 1 rings (SSSR count). The maximum atomic E-state index is 4.13. The van der Waals surface area contributed by atoms with Crippen LogP contribution in [0.2, 0.25) is 0 Å². The third-order valence-electron chi connectivity index (χ3n) is 1.33. The maximum absolute atomic E-state index is 4.13. The van der Waals surface area contributed by atoms with Crippen LogP contribution in [0.15, 0.2) is 4.99 Å². The molecule has 0 saturated carbocycles. The van der Waals surface area contributed by atoms with E-state index in [1.165, 1.54) is 12.8 Å². The molecule has 0 aromatic carbocycles. The molecule has 1 atom stereocenters. The van der Waals surface area contributed by atoms with Gasteiger partial charge in [0.15, 0.2) is 0 Å². The summed E-state index contributed by atoms with van der Waals surface area (Å²) in [5.74, 6) is 0.838. The van der Waals surface area contributed by atoms with E-state index in [2.05, 4.69) is 11.9 Å². The highest BCUT2D eigenvalue weighted by Crippen LogP contribution is 2.07. The van der Waals surface area contributed by atoms with Crippen LogP contribution in [0.3, 0.4) is 0 Å². The third kappa shape index (κ3) is 1.30. The zero-order chi connectivity index (χ0) is 5.11. The minimum Gasteiger partial charge on any atom is -0.297 e. The van der Waals surface area contributed by atoms with Gasteiger partial charge in [-0.15, -0.1) is 0 Å². The molecular formula is C6H11N. The lowest BCUT2D eigenvalue weighted by molar-refractivity contribution is 0.543. The van der Waals surface area contributed by atoms with Crippen LogP contribution in [0.1, 0.15) is 19.8 Å². The Kier molecular flexibility index (Phi) is 1.45. The average molecular weight is 97.2 g/mol. The highest BCUT2D eigenvalue weighted by molar-refractivity contribution is 5.57. The van der Waals surface area contributed by atoms with E-state index >= 15 is 0 Å². The van der Waals surface area contributed by atoms with Crippen molar-refractivity contribution in [2.24, 2.45) is 10.9 Å². The van der Waals surface area contributed by atoms with Gasteiger partial charge in [-0.3, -0.25) is 4.99 Å². The lowest BCUT2D eigenvalue weighted by atomic mass is 10.0. The van der Waals surface area contributed by atoms with Crippen LogP contribution in [0.5, 0.6) is 0 Å². The van der Waals surface area contributed by atoms with Crippen molar-refractivity contribution in [3.63, 3.8) is 0 Å². The van der Waals surface area contributed by atoms with Crippen LogP contribution >= 0.6 is 0 Å². The summed E-state index contributed by atoms with van der Waals surface area (Å²) in [6.45, 7) is 3.30. The van der Waals surface area contributed by atoms with Crippen LogP contribution in [0, 0.1) is 5.92 Å². The normalized spacial score (nSPS) is 30.7. The zero-order valence-corrected chi connectivity index (χ0v) is 4.72. The summed E-state index contributed by atoms with van der Waals surface area (Å²) in [4.78, 5) is 4.13. The second-order valence-electron chi connectivity index (χ2n) is 2.23. The van der Waals surface area contributed by atoms with Crippen molar-refractivity contribution in [2.45, 2.75) is 19.8 Å². The monoisotopic (exact) mass is 97.1 g/mol. The van der Waals surface area contributed by atoms with Gasteiger partial charge in [0, 0.05) is 6.54 Å². The van der Waals surface area contributed by atoms with Gasteiger partial charge in [-0.1, -0.05) is 6.92 Å². The fourth-order valence-electron chi connectivity index (χ4n) is 0.796. The Labute approximate surface area is 44.5 Å². The Morgan fingerprint density at radius 3 is 2.86 bits per heavy atom. The van der Waals surface area contributed by atoms with E-state index in [1.807, 2.05) is 6.21 Å². The third-order valence-corrected chi connectivity index (χ3v) is 1.33. The Morgan fingerprint density at radius 2 is 2.57 bits per heavy atom. The standard InChI is InChI=1S/C6H11N/c1-6-3-2-4-7-5-6/h4,6H,2-3,5H2,1H3/t6-/m0/s1. The summed E-state index contributed by atoms with van der Waals surface area (Å²) in [6.07, 6.45) is 4.56. The highest BCUT2D eigenvalue weighted by Gasteiger charge is 2.01. The molecule has 0 aromatic heterocycles. The van der Waals surface area contributed by atoms with Gasteiger partial charge in [0.2, 0.25) is 0 Å². The minimum atomic E-state index is 0.838.